The van der Waals surface area contributed by atoms with Gasteiger partial charge in [0, 0.05) is 24.8 Å². The Morgan fingerprint density at radius 1 is 1.53 bits per heavy atom. The van der Waals surface area contributed by atoms with Crippen LogP contribution >= 0.6 is 0 Å². The zero-order valence-corrected chi connectivity index (χ0v) is 12.3. The molecule has 5 nitrogen and oxygen atoms in total. The van der Waals surface area contributed by atoms with E-state index in [1.165, 1.54) is 6.20 Å². The largest absolute Gasteiger partial charge is 0.492 e. The summed E-state index contributed by atoms with van der Waals surface area (Å²) in [6.07, 6.45) is 3.75. The number of ether oxygens (including phenoxy) is 1. The molecule has 0 saturated carbocycles. The van der Waals surface area contributed by atoms with E-state index < -0.39 is 9.84 Å². The molecule has 0 aliphatic carbocycles. The topological polar surface area (TPSA) is 68.3 Å². The molecule has 19 heavy (non-hydrogen) atoms. The van der Waals surface area contributed by atoms with Gasteiger partial charge in [0.15, 0.2) is 14.9 Å². The number of aromatic nitrogens is 1. The quantitative estimate of drug-likeness (QED) is 0.899. The first-order valence-corrected chi connectivity index (χ1v) is 8.28. The number of aryl methyl sites for hydroxylation is 1. The lowest BCUT2D eigenvalue weighted by molar-refractivity contribution is 0.257. The van der Waals surface area contributed by atoms with Crippen LogP contribution in [-0.4, -0.2) is 38.9 Å². The minimum atomic E-state index is -3.26. The predicted molar refractivity (Wildman–Crippen MR) is 73.2 cm³/mol. The summed E-state index contributed by atoms with van der Waals surface area (Å²) < 4.78 is 28.6. The van der Waals surface area contributed by atoms with Crippen LogP contribution in [0.4, 0.5) is 0 Å². The van der Waals surface area contributed by atoms with Gasteiger partial charge in [-0.25, -0.2) is 13.4 Å². The lowest BCUT2D eigenvalue weighted by Gasteiger charge is -2.12. The summed E-state index contributed by atoms with van der Waals surface area (Å²) in [7, 11) is -3.26. The van der Waals surface area contributed by atoms with E-state index in [2.05, 4.69) is 17.2 Å². The Hall–Kier alpha value is -1.14. The normalized spacial score (nSPS) is 23.5. The Kier molecular flexibility index (Phi) is 4.10. The number of nitrogens with one attached hydrogen (secondary N) is 1. The maximum absolute atomic E-state index is 11.5. The Balaban J connectivity index is 2.01. The smallest absolute Gasteiger partial charge is 0.193 e. The van der Waals surface area contributed by atoms with Gasteiger partial charge in [-0.2, -0.15) is 0 Å². The number of hydrogen-bond acceptors (Lipinski definition) is 5. The van der Waals surface area contributed by atoms with E-state index in [4.69, 9.17) is 4.74 Å². The molecule has 1 N–H and O–H groups in total. The molecular formula is C13H20N2O3S. The first kappa shape index (κ1) is 14.3. The van der Waals surface area contributed by atoms with Crippen molar-refractivity contribution in [2.45, 2.75) is 31.3 Å². The van der Waals surface area contributed by atoms with E-state index in [9.17, 15) is 8.42 Å². The molecule has 1 aromatic heterocycles. The number of hydrogen-bond donors (Lipinski definition) is 1. The molecule has 1 saturated heterocycles. The van der Waals surface area contributed by atoms with E-state index in [-0.39, 0.29) is 5.03 Å². The molecule has 0 radical (unpaired) electrons. The zero-order valence-electron chi connectivity index (χ0n) is 11.5. The molecule has 2 heterocycles. The van der Waals surface area contributed by atoms with Gasteiger partial charge in [0.2, 0.25) is 0 Å². The van der Waals surface area contributed by atoms with Crippen LogP contribution in [0.1, 0.15) is 18.9 Å². The summed E-state index contributed by atoms with van der Waals surface area (Å²) in [5.41, 5.74) is 0.623. The predicted octanol–water partition coefficient (Wildman–Crippen LogP) is 1.17. The SMILES string of the molecule is Cc1cc(OC[C@@H]2CN[C@H](C)C2)cnc1S(C)(=O)=O. The summed E-state index contributed by atoms with van der Waals surface area (Å²) in [4.78, 5) is 3.98. The second-order valence-electron chi connectivity index (χ2n) is 5.29. The van der Waals surface area contributed by atoms with Crippen LogP contribution in [0.3, 0.4) is 0 Å². The van der Waals surface area contributed by atoms with E-state index in [1.807, 2.05) is 0 Å². The molecule has 106 valence electrons. The van der Waals surface area contributed by atoms with Crippen molar-refractivity contribution in [1.82, 2.24) is 10.3 Å². The molecule has 0 unspecified atom stereocenters. The Morgan fingerprint density at radius 3 is 2.79 bits per heavy atom. The molecule has 0 aromatic carbocycles. The van der Waals surface area contributed by atoms with Gasteiger partial charge in [0.25, 0.3) is 0 Å². The van der Waals surface area contributed by atoms with E-state index in [1.54, 1.807) is 13.0 Å². The van der Waals surface area contributed by atoms with Crippen LogP contribution in [0.5, 0.6) is 5.75 Å². The third kappa shape index (κ3) is 3.67. The first-order valence-electron chi connectivity index (χ1n) is 6.39. The summed E-state index contributed by atoms with van der Waals surface area (Å²) in [5.74, 6) is 1.13. The van der Waals surface area contributed by atoms with Gasteiger partial charge in [-0.1, -0.05) is 0 Å². The second kappa shape index (κ2) is 5.46. The molecule has 1 fully saturated rings. The third-order valence-electron chi connectivity index (χ3n) is 3.28. The molecular weight excluding hydrogens is 264 g/mol. The molecule has 0 spiro atoms. The molecule has 6 heteroatoms. The van der Waals surface area contributed by atoms with Gasteiger partial charge in [0.1, 0.15) is 5.75 Å². The molecule has 0 bridgehead atoms. The minimum Gasteiger partial charge on any atom is -0.492 e. The zero-order chi connectivity index (χ0) is 14.0. The van der Waals surface area contributed by atoms with E-state index in [0.29, 0.717) is 29.9 Å². The van der Waals surface area contributed by atoms with Gasteiger partial charge in [0.05, 0.1) is 12.8 Å². The lowest BCUT2D eigenvalue weighted by atomic mass is 10.1. The van der Waals surface area contributed by atoms with Gasteiger partial charge in [-0.15, -0.1) is 0 Å². The van der Waals surface area contributed by atoms with Crippen molar-refractivity contribution in [3.8, 4) is 5.75 Å². The number of pyridine rings is 1. The van der Waals surface area contributed by atoms with Crippen molar-refractivity contribution in [2.24, 2.45) is 5.92 Å². The summed E-state index contributed by atoms with van der Waals surface area (Å²) in [6.45, 7) is 5.49. The van der Waals surface area contributed by atoms with Crippen molar-refractivity contribution in [1.29, 1.82) is 0 Å². The summed E-state index contributed by atoms with van der Waals surface area (Å²) in [5, 5.41) is 3.49. The molecule has 2 atom stereocenters. The molecule has 1 aromatic rings. The number of rotatable bonds is 4. The highest BCUT2D eigenvalue weighted by Crippen LogP contribution is 2.20. The Morgan fingerprint density at radius 2 is 2.26 bits per heavy atom. The molecule has 1 aliphatic heterocycles. The maximum atomic E-state index is 11.5. The number of nitrogens with zero attached hydrogens (tertiary/aromatic N) is 1. The van der Waals surface area contributed by atoms with Gasteiger partial charge in [-0.3, -0.25) is 0 Å². The van der Waals surface area contributed by atoms with Crippen molar-refractivity contribution in [3.63, 3.8) is 0 Å². The molecule has 2 rings (SSSR count). The van der Waals surface area contributed by atoms with Crippen LogP contribution in [-0.2, 0) is 9.84 Å². The van der Waals surface area contributed by atoms with E-state index >= 15 is 0 Å². The highest BCUT2D eigenvalue weighted by molar-refractivity contribution is 7.90. The Labute approximate surface area is 114 Å². The molecule has 0 amide bonds. The fraction of sp³-hybridized carbons (Fsp3) is 0.615. The fourth-order valence-corrected chi connectivity index (χ4v) is 3.27. The first-order chi connectivity index (χ1) is 8.86. The summed E-state index contributed by atoms with van der Waals surface area (Å²) in [6, 6.07) is 2.27. The third-order valence-corrected chi connectivity index (χ3v) is 4.41. The maximum Gasteiger partial charge on any atom is 0.193 e. The van der Waals surface area contributed by atoms with Crippen LogP contribution in [0, 0.1) is 12.8 Å². The monoisotopic (exact) mass is 284 g/mol. The summed E-state index contributed by atoms with van der Waals surface area (Å²) >= 11 is 0. The van der Waals surface area contributed by atoms with Gasteiger partial charge in [-0.05, 0) is 31.9 Å². The van der Waals surface area contributed by atoms with Crippen molar-refractivity contribution in [2.75, 3.05) is 19.4 Å². The van der Waals surface area contributed by atoms with Gasteiger partial charge >= 0.3 is 0 Å². The van der Waals surface area contributed by atoms with E-state index in [0.717, 1.165) is 19.2 Å². The fourth-order valence-electron chi connectivity index (χ4n) is 2.38. The van der Waals surface area contributed by atoms with Crippen LogP contribution < -0.4 is 10.1 Å². The average molecular weight is 284 g/mol. The van der Waals surface area contributed by atoms with Crippen molar-refractivity contribution >= 4 is 9.84 Å². The minimum absolute atomic E-state index is 0.121. The van der Waals surface area contributed by atoms with Crippen LogP contribution in [0.25, 0.3) is 0 Å². The van der Waals surface area contributed by atoms with Crippen molar-refractivity contribution in [3.05, 3.63) is 17.8 Å². The van der Waals surface area contributed by atoms with Crippen molar-refractivity contribution < 1.29 is 13.2 Å². The molecule has 1 aliphatic rings. The lowest BCUT2D eigenvalue weighted by Crippen LogP contribution is -2.18. The highest BCUT2D eigenvalue weighted by Gasteiger charge is 2.21. The van der Waals surface area contributed by atoms with Crippen LogP contribution in [0.2, 0.25) is 0 Å². The van der Waals surface area contributed by atoms with Gasteiger partial charge < -0.3 is 10.1 Å². The standard InChI is InChI=1S/C13H20N2O3S/c1-9-4-12(7-15-13(9)19(3,16)17)18-8-11-5-10(2)14-6-11/h4,7,10-11,14H,5-6,8H2,1-3H3/t10-,11+/m1/s1. The highest BCUT2D eigenvalue weighted by atomic mass is 32.2. The number of sulfone groups is 1. The Bertz CT molecular complexity index is 557. The second-order valence-corrected chi connectivity index (χ2v) is 7.22. The van der Waals surface area contributed by atoms with Crippen LogP contribution in [0.15, 0.2) is 17.3 Å². The average Bonchev–Trinajstić information content (AvgIpc) is 2.71.